The molecule has 0 bridgehead atoms. The van der Waals surface area contributed by atoms with Crippen LogP contribution in [-0.2, 0) is 9.53 Å². The van der Waals surface area contributed by atoms with Gasteiger partial charge in [0.2, 0.25) is 5.91 Å². The number of ether oxygens (including phenoxy) is 1. The van der Waals surface area contributed by atoms with Gasteiger partial charge in [0.05, 0.1) is 6.10 Å². The van der Waals surface area contributed by atoms with Crippen LogP contribution < -0.4 is 10.6 Å². The zero-order chi connectivity index (χ0) is 19.0. The maximum atomic E-state index is 12.5. The third kappa shape index (κ3) is 7.82. The molecule has 1 aromatic rings. The summed E-state index contributed by atoms with van der Waals surface area (Å²) < 4.78 is 5.07. The van der Waals surface area contributed by atoms with Gasteiger partial charge >= 0.3 is 6.09 Å². The zero-order valence-corrected chi connectivity index (χ0v) is 16.8. The highest BCUT2D eigenvalue weighted by molar-refractivity contribution is 7.99. The van der Waals surface area contributed by atoms with Gasteiger partial charge in [-0.05, 0) is 45.2 Å². The Bertz CT molecular complexity index is 576. The number of carbonyl (C=O) groups is 2. The number of amides is 2. The van der Waals surface area contributed by atoms with Crippen molar-refractivity contribution in [3.05, 3.63) is 29.8 Å². The molecule has 1 aromatic carbocycles. The molecule has 0 fully saturated rings. The predicted molar refractivity (Wildman–Crippen MR) is 103 cm³/mol. The van der Waals surface area contributed by atoms with Crippen molar-refractivity contribution >= 4 is 23.8 Å². The lowest BCUT2D eigenvalue weighted by atomic mass is 10.0. The molecule has 6 heteroatoms. The number of alkyl carbamates (subject to hydrolysis) is 1. The number of nitrogens with one attached hydrogen (secondary N) is 2. The van der Waals surface area contributed by atoms with Crippen molar-refractivity contribution < 1.29 is 14.3 Å². The number of hydrogen-bond donors (Lipinski definition) is 2. The predicted octanol–water partition coefficient (Wildman–Crippen LogP) is 3.75. The molecule has 25 heavy (non-hydrogen) atoms. The van der Waals surface area contributed by atoms with Crippen LogP contribution in [0.15, 0.2) is 29.2 Å². The molecular formula is C19H30N2O3S. The van der Waals surface area contributed by atoms with E-state index in [0.717, 1.165) is 5.75 Å². The highest BCUT2D eigenvalue weighted by Gasteiger charge is 2.26. The second-order valence-corrected chi connectivity index (χ2v) is 7.87. The van der Waals surface area contributed by atoms with Gasteiger partial charge in [-0.2, -0.15) is 0 Å². The molecule has 0 radical (unpaired) electrons. The van der Waals surface area contributed by atoms with Gasteiger partial charge in [0, 0.05) is 16.7 Å². The van der Waals surface area contributed by atoms with Crippen molar-refractivity contribution in [2.45, 2.75) is 64.6 Å². The van der Waals surface area contributed by atoms with Crippen molar-refractivity contribution in [1.29, 1.82) is 0 Å². The fourth-order valence-corrected chi connectivity index (χ4v) is 3.20. The molecule has 1 unspecified atom stereocenters. The molecule has 0 heterocycles. The highest BCUT2D eigenvalue weighted by atomic mass is 32.2. The molecule has 0 aromatic heterocycles. The van der Waals surface area contributed by atoms with Crippen LogP contribution in [0, 0.1) is 12.8 Å². The molecule has 0 aliphatic carbocycles. The molecule has 2 N–H and O–H groups in total. The summed E-state index contributed by atoms with van der Waals surface area (Å²) in [4.78, 5) is 25.5. The van der Waals surface area contributed by atoms with Crippen molar-refractivity contribution in [3.63, 3.8) is 0 Å². The van der Waals surface area contributed by atoms with Crippen molar-refractivity contribution in [3.8, 4) is 0 Å². The average Bonchev–Trinajstić information content (AvgIpc) is 2.50. The van der Waals surface area contributed by atoms with Crippen LogP contribution in [0.3, 0.4) is 0 Å². The van der Waals surface area contributed by atoms with Gasteiger partial charge in [-0.3, -0.25) is 4.79 Å². The van der Waals surface area contributed by atoms with Crippen LogP contribution in [0.1, 0.15) is 40.2 Å². The van der Waals surface area contributed by atoms with Crippen molar-refractivity contribution in [1.82, 2.24) is 10.6 Å². The van der Waals surface area contributed by atoms with Gasteiger partial charge in [-0.15, -0.1) is 11.8 Å². The lowest BCUT2D eigenvalue weighted by Crippen LogP contribution is -2.52. The summed E-state index contributed by atoms with van der Waals surface area (Å²) in [6.45, 7) is 11.4. The van der Waals surface area contributed by atoms with Crippen LogP contribution in [0.5, 0.6) is 0 Å². The normalized spacial score (nSPS) is 13.4. The number of benzene rings is 1. The second-order valence-electron chi connectivity index (χ2n) is 6.81. The van der Waals surface area contributed by atoms with E-state index in [2.05, 4.69) is 29.7 Å². The topological polar surface area (TPSA) is 67.4 Å². The lowest BCUT2D eigenvalue weighted by molar-refractivity contribution is -0.124. The van der Waals surface area contributed by atoms with Gasteiger partial charge in [-0.25, -0.2) is 4.79 Å². The summed E-state index contributed by atoms with van der Waals surface area (Å²) in [5.41, 5.74) is 1.23. The first-order valence-electron chi connectivity index (χ1n) is 8.66. The first-order chi connectivity index (χ1) is 11.7. The second kappa shape index (κ2) is 10.3. The Labute approximate surface area is 155 Å². The van der Waals surface area contributed by atoms with Crippen LogP contribution in [-0.4, -0.2) is 35.9 Å². The SMILES string of the molecule is Cc1ccccc1SCC(C)NC(=O)[C@@H](NC(=O)OC(C)C)C(C)C. The Morgan fingerprint density at radius 1 is 1.08 bits per heavy atom. The van der Waals surface area contributed by atoms with Gasteiger partial charge in [0.1, 0.15) is 6.04 Å². The van der Waals surface area contributed by atoms with E-state index in [-0.39, 0.29) is 24.0 Å². The standard InChI is InChI=1S/C19H30N2O3S/c1-12(2)17(21-19(23)24-13(3)4)18(22)20-15(6)11-25-16-10-8-7-9-14(16)5/h7-10,12-13,15,17H,11H2,1-6H3,(H,20,22)(H,21,23)/t15?,17-/m0/s1. The Balaban J connectivity index is 2.55. The van der Waals surface area contributed by atoms with E-state index < -0.39 is 12.1 Å². The maximum absolute atomic E-state index is 12.5. The highest BCUT2D eigenvalue weighted by Crippen LogP contribution is 2.22. The van der Waals surface area contributed by atoms with Crippen molar-refractivity contribution in [2.24, 2.45) is 5.92 Å². The number of hydrogen-bond acceptors (Lipinski definition) is 4. The maximum Gasteiger partial charge on any atom is 0.408 e. The van der Waals surface area contributed by atoms with Crippen LogP contribution in [0.4, 0.5) is 4.79 Å². The van der Waals surface area contributed by atoms with E-state index >= 15 is 0 Å². The van der Waals surface area contributed by atoms with E-state index in [1.54, 1.807) is 25.6 Å². The Hall–Kier alpha value is -1.69. The molecule has 0 saturated heterocycles. The molecule has 0 aliphatic heterocycles. The van der Waals surface area contributed by atoms with Gasteiger partial charge in [0.25, 0.3) is 0 Å². The fourth-order valence-electron chi connectivity index (χ4n) is 2.22. The van der Waals surface area contributed by atoms with Crippen LogP contribution in [0.2, 0.25) is 0 Å². The Morgan fingerprint density at radius 3 is 2.28 bits per heavy atom. The van der Waals surface area contributed by atoms with Gasteiger partial charge in [0.15, 0.2) is 0 Å². The van der Waals surface area contributed by atoms with Crippen LogP contribution >= 0.6 is 11.8 Å². The number of aryl methyl sites for hydroxylation is 1. The molecule has 0 spiro atoms. The average molecular weight is 367 g/mol. The quantitative estimate of drug-likeness (QED) is 0.688. The molecule has 2 amide bonds. The summed E-state index contributed by atoms with van der Waals surface area (Å²) in [5, 5.41) is 5.64. The van der Waals surface area contributed by atoms with E-state index in [4.69, 9.17) is 4.74 Å². The Morgan fingerprint density at radius 2 is 1.72 bits per heavy atom. The first kappa shape index (κ1) is 21.4. The summed E-state index contributed by atoms with van der Waals surface area (Å²) in [6.07, 6.45) is -0.786. The monoisotopic (exact) mass is 366 g/mol. The molecule has 2 atom stereocenters. The number of thioether (sulfide) groups is 1. The van der Waals surface area contributed by atoms with E-state index in [0.29, 0.717) is 0 Å². The van der Waals surface area contributed by atoms with Crippen molar-refractivity contribution in [2.75, 3.05) is 5.75 Å². The summed E-state index contributed by atoms with van der Waals surface area (Å²) >= 11 is 1.71. The van der Waals surface area contributed by atoms with E-state index in [1.165, 1.54) is 10.5 Å². The van der Waals surface area contributed by atoms with Gasteiger partial charge in [-0.1, -0.05) is 32.0 Å². The molecule has 1 rings (SSSR count). The van der Waals surface area contributed by atoms with Gasteiger partial charge < -0.3 is 15.4 Å². The van der Waals surface area contributed by atoms with Crippen LogP contribution in [0.25, 0.3) is 0 Å². The zero-order valence-electron chi connectivity index (χ0n) is 16.0. The lowest BCUT2D eigenvalue weighted by Gasteiger charge is -2.24. The summed E-state index contributed by atoms with van der Waals surface area (Å²) in [5.74, 6) is 0.544. The fraction of sp³-hybridized carbons (Fsp3) is 0.579. The van der Waals surface area contributed by atoms with E-state index in [9.17, 15) is 9.59 Å². The molecule has 0 aliphatic rings. The molecule has 140 valence electrons. The largest absolute Gasteiger partial charge is 0.447 e. The summed E-state index contributed by atoms with van der Waals surface area (Å²) in [7, 11) is 0. The molecule has 0 saturated carbocycles. The molecular weight excluding hydrogens is 336 g/mol. The number of carbonyl (C=O) groups excluding carboxylic acids is 2. The third-order valence-electron chi connectivity index (χ3n) is 3.54. The molecule has 5 nitrogen and oxygen atoms in total. The van der Waals surface area contributed by atoms with E-state index in [1.807, 2.05) is 32.9 Å². The third-order valence-corrected chi connectivity index (χ3v) is 4.97. The minimum atomic E-state index is -0.614. The smallest absolute Gasteiger partial charge is 0.408 e. The minimum Gasteiger partial charge on any atom is -0.447 e. The summed E-state index contributed by atoms with van der Waals surface area (Å²) in [6, 6.07) is 7.55. The minimum absolute atomic E-state index is 0.0127. The Kier molecular flexibility index (Phi) is 8.83. The number of rotatable bonds is 8. The first-order valence-corrected chi connectivity index (χ1v) is 9.65.